The van der Waals surface area contributed by atoms with Gasteiger partial charge < -0.3 is 9.84 Å². The van der Waals surface area contributed by atoms with Crippen molar-refractivity contribution in [2.75, 3.05) is 13.7 Å². The van der Waals surface area contributed by atoms with Crippen LogP contribution in [-0.4, -0.2) is 24.8 Å². The molecule has 0 aliphatic rings. The minimum absolute atomic E-state index is 0.142. The van der Waals surface area contributed by atoms with Crippen LogP contribution in [0.3, 0.4) is 0 Å². The van der Waals surface area contributed by atoms with E-state index >= 15 is 0 Å². The number of aliphatic hydroxyl groups excluding tert-OH is 1. The summed E-state index contributed by atoms with van der Waals surface area (Å²) in [7, 11) is 1.42. The molecule has 1 N–H and O–H groups in total. The number of carbonyl (C=O) groups is 1. The van der Waals surface area contributed by atoms with Crippen LogP contribution < -0.4 is 0 Å². The molecule has 3 nitrogen and oxygen atoms in total. The van der Waals surface area contributed by atoms with Crippen LogP contribution in [0.15, 0.2) is 24.3 Å². The van der Waals surface area contributed by atoms with Crippen LogP contribution in [0.4, 0.5) is 0 Å². The molecule has 1 aromatic carbocycles. The van der Waals surface area contributed by atoms with Gasteiger partial charge in [-0.15, -0.1) is 0 Å². The van der Waals surface area contributed by atoms with Crippen molar-refractivity contribution >= 4 is 28.6 Å². The highest BCUT2D eigenvalue weighted by Crippen LogP contribution is 2.32. The second-order valence-corrected chi connectivity index (χ2v) is 6.41. The lowest BCUT2D eigenvalue weighted by Crippen LogP contribution is -2.34. The monoisotopic (exact) mass is 376 g/mol. The predicted molar refractivity (Wildman–Crippen MR) is 84.0 cm³/mol. The van der Waals surface area contributed by atoms with Gasteiger partial charge in [-0.3, -0.25) is 4.79 Å². The van der Waals surface area contributed by atoms with Crippen LogP contribution in [0.2, 0.25) is 0 Å². The van der Waals surface area contributed by atoms with Gasteiger partial charge in [0.15, 0.2) is 0 Å². The molecule has 0 fully saturated rings. The van der Waals surface area contributed by atoms with E-state index in [2.05, 4.69) is 22.6 Å². The lowest BCUT2D eigenvalue weighted by molar-refractivity contribution is -0.147. The maximum atomic E-state index is 12.2. The molecule has 4 heteroatoms. The molecule has 0 bridgehead atoms. The van der Waals surface area contributed by atoms with Gasteiger partial charge in [0.25, 0.3) is 0 Å². The molecule has 2 atom stereocenters. The summed E-state index contributed by atoms with van der Waals surface area (Å²) in [6.45, 7) is 4.03. The molecule has 0 spiro atoms. The van der Waals surface area contributed by atoms with Crippen LogP contribution in [0, 0.1) is 9.49 Å². The zero-order valence-electron chi connectivity index (χ0n) is 11.6. The van der Waals surface area contributed by atoms with Crippen LogP contribution in [-0.2, 0) is 14.9 Å². The normalized spacial score (nSPS) is 15.6. The number of rotatable bonds is 6. The molecule has 0 aromatic heterocycles. The largest absolute Gasteiger partial charge is 0.468 e. The molecule has 1 rings (SSSR count). The van der Waals surface area contributed by atoms with E-state index < -0.39 is 5.41 Å². The summed E-state index contributed by atoms with van der Waals surface area (Å²) in [6, 6.07) is 7.93. The molecule has 106 valence electrons. The summed E-state index contributed by atoms with van der Waals surface area (Å²) < 4.78 is 6.07. The van der Waals surface area contributed by atoms with Crippen molar-refractivity contribution in [3.63, 3.8) is 0 Å². The van der Waals surface area contributed by atoms with Gasteiger partial charge >= 0.3 is 5.97 Å². The smallest absolute Gasteiger partial charge is 0.315 e. The number of benzene rings is 1. The Morgan fingerprint density at radius 2 is 2.21 bits per heavy atom. The van der Waals surface area contributed by atoms with E-state index in [9.17, 15) is 4.79 Å². The van der Waals surface area contributed by atoms with Crippen molar-refractivity contribution in [1.82, 2.24) is 0 Å². The molecular formula is C15H21IO3. The van der Waals surface area contributed by atoms with Crippen molar-refractivity contribution in [3.8, 4) is 0 Å². The molecule has 0 radical (unpaired) electrons. The summed E-state index contributed by atoms with van der Waals surface area (Å²) in [6.07, 6.45) is 1.45. The first kappa shape index (κ1) is 16.4. The third-order valence-corrected chi connectivity index (χ3v) is 4.22. The Labute approximate surface area is 128 Å². The Morgan fingerprint density at radius 3 is 2.74 bits per heavy atom. The number of hydrogen-bond donors (Lipinski definition) is 1. The maximum absolute atomic E-state index is 12.2. The van der Waals surface area contributed by atoms with Gasteiger partial charge in [0.2, 0.25) is 0 Å². The average molecular weight is 376 g/mol. The summed E-state index contributed by atoms with van der Waals surface area (Å²) >= 11 is 2.24. The summed E-state index contributed by atoms with van der Waals surface area (Å²) in [5.41, 5.74) is 0.315. The van der Waals surface area contributed by atoms with Crippen LogP contribution in [0.25, 0.3) is 0 Å². The fraction of sp³-hybridized carbons (Fsp3) is 0.533. The molecule has 0 amide bonds. The minimum atomic E-state index is -0.653. The standard InChI is InChI=1S/C15H21IO3/c1-11(10-17)7-8-15(2,14(18)19-3)12-5-4-6-13(16)9-12/h4-6,9,11,17H,7-8,10H2,1-3H3. The fourth-order valence-corrected chi connectivity index (χ4v) is 2.59. The quantitative estimate of drug-likeness (QED) is 0.613. The number of halogens is 1. The van der Waals surface area contributed by atoms with E-state index in [0.717, 1.165) is 15.6 Å². The van der Waals surface area contributed by atoms with Crippen molar-refractivity contribution in [3.05, 3.63) is 33.4 Å². The van der Waals surface area contributed by atoms with Gasteiger partial charge in [-0.1, -0.05) is 19.1 Å². The predicted octanol–water partition coefficient (Wildman–Crippen LogP) is 3.13. The van der Waals surface area contributed by atoms with Crippen molar-refractivity contribution in [2.24, 2.45) is 5.92 Å². The fourth-order valence-electron chi connectivity index (χ4n) is 2.05. The van der Waals surface area contributed by atoms with Gasteiger partial charge in [0, 0.05) is 10.2 Å². The number of hydrogen-bond acceptors (Lipinski definition) is 3. The number of methoxy groups -OCH3 is 1. The van der Waals surface area contributed by atoms with Gasteiger partial charge in [0.05, 0.1) is 12.5 Å². The van der Waals surface area contributed by atoms with E-state index in [0.29, 0.717) is 6.42 Å². The molecule has 0 saturated carbocycles. The summed E-state index contributed by atoms with van der Waals surface area (Å²) in [5.74, 6) is -0.0357. The number of esters is 1. The molecule has 0 heterocycles. The van der Waals surface area contributed by atoms with Crippen LogP contribution in [0.1, 0.15) is 32.3 Å². The van der Waals surface area contributed by atoms with Gasteiger partial charge in [-0.25, -0.2) is 0 Å². The Bertz CT molecular complexity index is 433. The first-order valence-corrected chi connectivity index (χ1v) is 7.47. The highest BCUT2D eigenvalue weighted by molar-refractivity contribution is 14.1. The van der Waals surface area contributed by atoms with E-state index in [-0.39, 0.29) is 18.5 Å². The Morgan fingerprint density at radius 1 is 1.53 bits per heavy atom. The van der Waals surface area contributed by atoms with E-state index in [4.69, 9.17) is 9.84 Å². The first-order chi connectivity index (χ1) is 8.93. The second-order valence-electron chi connectivity index (χ2n) is 5.16. The number of ether oxygens (including phenoxy) is 1. The number of carbonyl (C=O) groups excluding carboxylic acids is 1. The van der Waals surface area contributed by atoms with Crippen molar-refractivity contribution < 1.29 is 14.6 Å². The minimum Gasteiger partial charge on any atom is -0.468 e. The first-order valence-electron chi connectivity index (χ1n) is 6.39. The van der Waals surface area contributed by atoms with Gasteiger partial charge in [0.1, 0.15) is 0 Å². The molecule has 1 aromatic rings. The molecule has 0 aliphatic carbocycles. The lowest BCUT2D eigenvalue weighted by Gasteiger charge is -2.28. The topological polar surface area (TPSA) is 46.5 Å². The zero-order chi connectivity index (χ0) is 14.5. The third kappa shape index (κ3) is 4.18. The van der Waals surface area contributed by atoms with Gasteiger partial charge in [-0.2, -0.15) is 0 Å². The Balaban J connectivity index is 3.02. The molecule has 19 heavy (non-hydrogen) atoms. The SMILES string of the molecule is COC(=O)C(C)(CCC(C)CO)c1cccc(I)c1. The van der Waals surface area contributed by atoms with Crippen LogP contribution in [0.5, 0.6) is 0 Å². The van der Waals surface area contributed by atoms with E-state index in [1.165, 1.54) is 7.11 Å². The average Bonchev–Trinajstić information content (AvgIpc) is 2.43. The van der Waals surface area contributed by atoms with E-state index in [1.54, 1.807) is 0 Å². The molecule has 0 aliphatic heterocycles. The Hall–Kier alpha value is -0.620. The molecule has 0 saturated heterocycles. The van der Waals surface area contributed by atoms with Crippen molar-refractivity contribution in [2.45, 2.75) is 32.1 Å². The highest BCUT2D eigenvalue weighted by atomic mass is 127. The molecule has 2 unspecified atom stereocenters. The van der Waals surface area contributed by atoms with Crippen LogP contribution >= 0.6 is 22.6 Å². The van der Waals surface area contributed by atoms with E-state index in [1.807, 2.05) is 38.1 Å². The zero-order valence-corrected chi connectivity index (χ0v) is 13.8. The summed E-state index contributed by atoms with van der Waals surface area (Å²) in [5, 5.41) is 9.12. The summed E-state index contributed by atoms with van der Waals surface area (Å²) in [4.78, 5) is 12.2. The Kier molecular flexibility index (Phi) is 6.26. The highest BCUT2D eigenvalue weighted by Gasteiger charge is 2.36. The lowest BCUT2D eigenvalue weighted by atomic mass is 9.77. The van der Waals surface area contributed by atoms with Crippen molar-refractivity contribution in [1.29, 1.82) is 0 Å². The third-order valence-electron chi connectivity index (χ3n) is 3.55. The molecular weight excluding hydrogens is 355 g/mol. The van der Waals surface area contributed by atoms with Gasteiger partial charge in [-0.05, 0) is 66.0 Å². The second kappa shape index (κ2) is 7.24. The number of aliphatic hydroxyl groups is 1. The maximum Gasteiger partial charge on any atom is 0.315 e.